The quantitative estimate of drug-likeness (QED) is 0.747. The van der Waals surface area contributed by atoms with E-state index in [1.54, 1.807) is 0 Å². The molecule has 17 heavy (non-hydrogen) atoms. The molecule has 0 amide bonds. The topological polar surface area (TPSA) is 18.5 Å². The second-order valence-corrected chi connectivity index (χ2v) is 5.98. The largest absolute Gasteiger partial charge is 0.314 e. The fraction of sp³-hybridized carbons (Fsp3) is 0.857. The summed E-state index contributed by atoms with van der Waals surface area (Å²) >= 11 is 0. The highest BCUT2D eigenvalue weighted by atomic mass is 15.3. The lowest BCUT2D eigenvalue weighted by atomic mass is 9.86. The van der Waals surface area contributed by atoms with Gasteiger partial charge in [0.1, 0.15) is 0 Å². The zero-order valence-corrected chi connectivity index (χ0v) is 11.4. The first-order chi connectivity index (χ1) is 8.13. The summed E-state index contributed by atoms with van der Waals surface area (Å²) in [5.74, 6) is 0. The fourth-order valence-electron chi connectivity index (χ4n) is 3.27. The average molecular weight is 237 g/mol. The van der Waals surface area contributed by atoms with Gasteiger partial charge in [-0.2, -0.15) is 0 Å². The van der Waals surface area contributed by atoms with Gasteiger partial charge in [0.15, 0.2) is 0 Å². The molecule has 2 aliphatic heterocycles. The van der Waals surface area contributed by atoms with Gasteiger partial charge in [-0.15, -0.1) is 6.58 Å². The van der Waals surface area contributed by atoms with E-state index in [1.807, 2.05) is 6.08 Å². The van der Waals surface area contributed by atoms with Crippen LogP contribution < -0.4 is 5.32 Å². The highest BCUT2D eigenvalue weighted by Crippen LogP contribution is 2.30. The second-order valence-electron chi connectivity index (χ2n) is 5.98. The van der Waals surface area contributed by atoms with Crippen molar-refractivity contribution in [2.24, 2.45) is 0 Å². The van der Waals surface area contributed by atoms with Gasteiger partial charge < -0.3 is 5.32 Å². The first-order valence-electron chi connectivity index (χ1n) is 6.94. The molecule has 0 bridgehead atoms. The van der Waals surface area contributed by atoms with Crippen LogP contribution in [0.5, 0.6) is 0 Å². The van der Waals surface area contributed by atoms with Crippen LogP contribution in [0, 0.1) is 0 Å². The Bertz CT molecular complexity index is 256. The lowest BCUT2D eigenvalue weighted by molar-refractivity contribution is 0.0213. The summed E-state index contributed by atoms with van der Waals surface area (Å²) < 4.78 is 0. The van der Waals surface area contributed by atoms with E-state index >= 15 is 0 Å². The maximum Gasteiger partial charge on any atom is 0.0171 e. The van der Waals surface area contributed by atoms with Gasteiger partial charge in [-0.3, -0.25) is 9.80 Å². The van der Waals surface area contributed by atoms with Crippen molar-refractivity contribution in [3.05, 3.63) is 12.7 Å². The number of nitrogens with one attached hydrogen (secondary N) is 1. The molecule has 0 aromatic heterocycles. The molecule has 1 atom stereocenters. The van der Waals surface area contributed by atoms with Crippen LogP contribution in [0.1, 0.15) is 26.7 Å². The highest BCUT2D eigenvalue weighted by Gasteiger charge is 2.36. The fourth-order valence-corrected chi connectivity index (χ4v) is 3.27. The third-order valence-corrected chi connectivity index (χ3v) is 4.34. The number of piperazine rings is 1. The van der Waals surface area contributed by atoms with E-state index in [0.29, 0.717) is 5.54 Å². The molecule has 3 heteroatoms. The van der Waals surface area contributed by atoms with Gasteiger partial charge in [-0.05, 0) is 26.7 Å². The molecule has 2 fully saturated rings. The number of hydrogen-bond acceptors (Lipinski definition) is 3. The number of likely N-dealkylation sites (tertiary alicyclic amines) is 1. The molecule has 0 radical (unpaired) electrons. The van der Waals surface area contributed by atoms with E-state index in [4.69, 9.17) is 0 Å². The summed E-state index contributed by atoms with van der Waals surface area (Å²) in [6.45, 7) is 15.6. The van der Waals surface area contributed by atoms with E-state index < -0.39 is 0 Å². The Morgan fingerprint density at radius 1 is 1.29 bits per heavy atom. The summed E-state index contributed by atoms with van der Waals surface area (Å²) in [5.41, 5.74) is 0.321. The lowest BCUT2D eigenvalue weighted by Crippen LogP contribution is -2.58. The van der Waals surface area contributed by atoms with E-state index in [2.05, 4.69) is 35.5 Å². The van der Waals surface area contributed by atoms with Crippen molar-refractivity contribution < 1.29 is 0 Å². The van der Waals surface area contributed by atoms with Gasteiger partial charge >= 0.3 is 0 Å². The number of hydrogen-bond donors (Lipinski definition) is 1. The monoisotopic (exact) mass is 237 g/mol. The van der Waals surface area contributed by atoms with Crippen LogP contribution in [0.2, 0.25) is 0 Å². The van der Waals surface area contributed by atoms with E-state index in [9.17, 15) is 0 Å². The van der Waals surface area contributed by atoms with Crippen LogP contribution in [0.15, 0.2) is 12.7 Å². The number of piperidine rings is 1. The summed E-state index contributed by atoms with van der Waals surface area (Å²) in [6.07, 6.45) is 4.64. The molecule has 1 unspecified atom stereocenters. The van der Waals surface area contributed by atoms with Crippen LogP contribution in [0.25, 0.3) is 0 Å². The predicted molar refractivity (Wildman–Crippen MR) is 73.3 cm³/mol. The predicted octanol–water partition coefficient (Wildman–Crippen LogP) is 1.32. The third kappa shape index (κ3) is 3.09. The van der Waals surface area contributed by atoms with Crippen LogP contribution >= 0.6 is 0 Å². The maximum atomic E-state index is 3.87. The average Bonchev–Trinajstić information content (AvgIpc) is 2.33. The van der Waals surface area contributed by atoms with Crippen molar-refractivity contribution in [2.75, 3.05) is 39.3 Å². The first kappa shape index (κ1) is 13.1. The second kappa shape index (κ2) is 5.51. The normalized spacial score (nSPS) is 31.3. The smallest absolute Gasteiger partial charge is 0.0171 e. The summed E-state index contributed by atoms with van der Waals surface area (Å²) in [5, 5.41) is 3.44. The Hall–Kier alpha value is -0.380. The minimum atomic E-state index is 0.321. The van der Waals surface area contributed by atoms with Gasteiger partial charge in [0, 0.05) is 50.8 Å². The molecule has 2 heterocycles. The van der Waals surface area contributed by atoms with E-state index in [0.717, 1.165) is 25.7 Å². The Kier molecular flexibility index (Phi) is 4.23. The van der Waals surface area contributed by atoms with Crippen molar-refractivity contribution in [2.45, 2.75) is 38.3 Å². The minimum absolute atomic E-state index is 0.321. The standard InChI is InChI=1S/C14H27N3/c1-4-8-17-9-5-13(12-14(17,2)3)16-10-6-15-7-11-16/h4,13,15H,1,5-12H2,2-3H3. The third-order valence-electron chi connectivity index (χ3n) is 4.34. The molecule has 98 valence electrons. The Balaban J connectivity index is 1.93. The van der Waals surface area contributed by atoms with Gasteiger partial charge in [0.2, 0.25) is 0 Å². The van der Waals surface area contributed by atoms with Crippen molar-refractivity contribution in [3.8, 4) is 0 Å². The number of nitrogens with zero attached hydrogens (tertiary/aromatic N) is 2. The van der Waals surface area contributed by atoms with Crippen molar-refractivity contribution in [1.29, 1.82) is 0 Å². The van der Waals surface area contributed by atoms with Gasteiger partial charge in [-0.25, -0.2) is 0 Å². The molecule has 0 aromatic rings. The Morgan fingerprint density at radius 3 is 2.59 bits per heavy atom. The molecular weight excluding hydrogens is 210 g/mol. The number of rotatable bonds is 3. The summed E-state index contributed by atoms with van der Waals surface area (Å²) in [7, 11) is 0. The molecule has 1 N–H and O–H groups in total. The van der Waals surface area contributed by atoms with Crippen LogP contribution in [-0.2, 0) is 0 Å². The van der Waals surface area contributed by atoms with Crippen molar-refractivity contribution in [3.63, 3.8) is 0 Å². The van der Waals surface area contributed by atoms with Crippen LogP contribution in [0.4, 0.5) is 0 Å². The van der Waals surface area contributed by atoms with Crippen molar-refractivity contribution >= 4 is 0 Å². The molecular formula is C14H27N3. The molecule has 0 aromatic carbocycles. The maximum absolute atomic E-state index is 3.87. The highest BCUT2D eigenvalue weighted by molar-refractivity contribution is 4.95. The zero-order valence-electron chi connectivity index (χ0n) is 11.4. The Labute approximate surface area is 106 Å². The minimum Gasteiger partial charge on any atom is -0.314 e. The molecule has 0 spiro atoms. The van der Waals surface area contributed by atoms with Gasteiger partial charge in [0.05, 0.1) is 0 Å². The summed E-state index contributed by atoms with van der Waals surface area (Å²) in [4.78, 5) is 5.25. The van der Waals surface area contributed by atoms with Crippen LogP contribution in [-0.4, -0.2) is 60.6 Å². The Morgan fingerprint density at radius 2 is 2.00 bits per heavy atom. The molecule has 2 saturated heterocycles. The zero-order chi connectivity index (χ0) is 12.3. The van der Waals surface area contributed by atoms with Crippen molar-refractivity contribution in [1.82, 2.24) is 15.1 Å². The van der Waals surface area contributed by atoms with Gasteiger partial charge in [-0.1, -0.05) is 6.08 Å². The lowest BCUT2D eigenvalue weighted by Gasteiger charge is -2.49. The first-order valence-corrected chi connectivity index (χ1v) is 6.94. The van der Waals surface area contributed by atoms with E-state index in [-0.39, 0.29) is 0 Å². The molecule has 2 aliphatic rings. The summed E-state index contributed by atoms with van der Waals surface area (Å²) in [6, 6.07) is 0.785. The van der Waals surface area contributed by atoms with Crippen LogP contribution in [0.3, 0.4) is 0 Å². The SMILES string of the molecule is C=CCN1CCC(N2CCNCC2)CC1(C)C. The van der Waals surface area contributed by atoms with E-state index in [1.165, 1.54) is 32.5 Å². The molecule has 0 aliphatic carbocycles. The molecule has 3 nitrogen and oxygen atoms in total. The molecule has 2 rings (SSSR count). The molecule has 0 saturated carbocycles. The van der Waals surface area contributed by atoms with Gasteiger partial charge in [0.25, 0.3) is 0 Å².